The van der Waals surface area contributed by atoms with Crippen molar-refractivity contribution in [1.29, 1.82) is 0 Å². The minimum Gasteiger partial charge on any atom is -0.443 e. The van der Waals surface area contributed by atoms with Gasteiger partial charge in [-0.05, 0) is 32.6 Å². The van der Waals surface area contributed by atoms with E-state index in [1.54, 1.807) is 12.1 Å². The Morgan fingerprint density at radius 1 is 1.31 bits per heavy atom. The van der Waals surface area contributed by atoms with Crippen LogP contribution < -0.4 is 0 Å². The third kappa shape index (κ3) is 3.66. The van der Waals surface area contributed by atoms with Gasteiger partial charge in [-0.15, -0.1) is 0 Å². The SMILES string of the molecule is CCCC(OC(=O)c1ccccc1)N(C)C. The Bertz CT molecular complexity index is 322. The fourth-order valence-corrected chi connectivity index (χ4v) is 1.44. The molecule has 0 aliphatic carbocycles. The van der Waals surface area contributed by atoms with Crippen molar-refractivity contribution < 1.29 is 9.53 Å². The molecule has 1 aromatic carbocycles. The standard InChI is InChI=1S/C13H19NO2/c1-4-8-12(14(2)3)16-13(15)11-9-6-5-7-10-11/h5-7,9-10,12H,4,8H2,1-3H3. The van der Waals surface area contributed by atoms with Crippen LogP contribution in [-0.4, -0.2) is 31.2 Å². The molecule has 0 heterocycles. The number of hydrogen-bond donors (Lipinski definition) is 0. The maximum absolute atomic E-state index is 11.8. The van der Waals surface area contributed by atoms with Crippen LogP contribution in [0, 0.1) is 0 Å². The Morgan fingerprint density at radius 2 is 1.94 bits per heavy atom. The van der Waals surface area contributed by atoms with Crippen molar-refractivity contribution in [3.63, 3.8) is 0 Å². The van der Waals surface area contributed by atoms with Gasteiger partial charge >= 0.3 is 5.97 Å². The minimum absolute atomic E-state index is 0.141. The van der Waals surface area contributed by atoms with E-state index in [4.69, 9.17) is 4.74 Å². The third-order valence-corrected chi connectivity index (χ3v) is 2.36. The lowest BCUT2D eigenvalue weighted by molar-refractivity contribution is -0.0179. The Hall–Kier alpha value is -1.35. The lowest BCUT2D eigenvalue weighted by Crippen LogP contribution is -2.32. The quantitative estimate of drug-likeness (QED) is 0.565. The molecule has 0 fully saturated rings. The molecule has 88 valence electrons. The zero-order valence-corrected chi connectivity index (χ0v) is 10.1. The molecule has 1 unspecified atom stereocenters. The highest BCUT2D eigenvalue weighted by Gasteiger charge is 2.16. The molecule has 0 radical (unpaired) electrons. The largest absolute Gasteiger partial charge is 0.443 e. The molecule has 3 heteroatoms. The minimum atomic E-state index is -0.257. The molecule has 0 aliphatic heterocycles. The van der Waals surface area contributed by atoms with Gasteiger partial charge < -0.3 is 4.74 Å². The smallest absolute Gasteiger partial charge is 0.339 e. The van der Waals surface area contributed by atoms with Gasteiger partial charge in [0.05, 0.1) is 5.56 Å². The van der Waals surface area contributed by atoms with Gasteiger partial charge in [0.15, 0.2) is 6.23 Å². The van der Waals surface area contributed by atoms with Gasteiger partial charge in [-0.25, -0.2) is 4.79 Å². The third-order valence-electron chi connectivity index (χ3n) is 2.36. The Kier molecular flexibility index (Phi) is 4.99. The summed E-state index contributed by atoms with van der Waals surface area (Å²) in [6.45, 7) is 2.08. The van der Waals surface area contributed by atoms with E-state index in [9.17, 15) is 4.79 Å². The van der Waals surface area contributed by atoms with Crippen molar-refractivity contribution in [3.8, 4) is 0 Å². The predicted molar refractivity (Wildman–Crippen MR) is 64.2 cm³/mol. The van der Waals surface area contributed by atoms with Crippen LogP contribution in [0.1, 0.15) is 30.1 Å². The number of carbonyl (C=O) groups is 1. The van der Waals surface area contributed by atoms with E-state index in [0.717, 1.165) is 12.8 Å². The van der Waals surface area contributed by atoms with E-state index >= 15 is 0 Å². The molecule has 0 aliphatic rings. The van der Waals surface area contributed by atoms with Gasteiger partial charge in [-0.2, -0.15) is 0 Å². The summed E-state index contributed by atoms with van der Waals surface area (Å²) in [4.78, 5) is 13.7. The molecular weight excluding hydrogens is 202 g/mol. The number of hydrogen-bond acceptors (Lipinski definition) is 3. The van der Waals surface area contributed by atoms with Crippen molar-refractivity contribution in [1.82, 2.24) is 4.90 Å². The monoisotopic (exact) mass is 221 g/mol. The highest BCUT2D eigenvalue weighted by molar-refractivity contribution is 5.89. The highest BCUT2D eigenvalue weighted by atomic mass is 16.6. The zero-order chi connectivity index (χ0) is 12.0. The maximum Gasteiger partial charge on any atom is 0.339 e. The number of ether oxygens (including phenoxy) is 1. The number of carbonyl (C=O) groups excluding carboxylic acids is 1. The topological polar surface area (TPSA) is 29.5 Å². The van der Waals surface area contributed by atoms with Gasteiger partial charge in [0, 0.05) is 0 Å². The molecule has 0 amide bonds. The van der Waals surface area contributed by atoms with E-state index in [-0.39, 0.29) is 12.2 Å². The van der Waals surface area contributed by atoms with Gasteiger partial charge in [0.1, 0.15) is 0 Å². The first-order chi connectivity index (χ1) is 7.65. The molecule has 1 rings (SSSR count). The second kappa shape index (κ2) is 6.28. The Labute approximate surface area is 97.0 Å². The van der Waals surface area contributed by atoms with Crippen LogP contribution in [0.3, 0.4) is 0 Å². The summed E-state index contributed by atoms with van der Waals surface area (Å²) >= 11 is 0. The fraction of sp³-hybridized carbons (Fsp3) is 0.462. The van der Waals surface area contributed by atoms with Crippen molar-refractivity contribution in [2.24, 2.45) is 0 Å². The van der Waals surface area contributed by atoms with Gasteiger partial charge in [-0.1, -0.05) is 31.5 Å². The average Bonchev–Trinajstić information content (AvgIpc) is 2.29. The van der Waals surface area contributed by atoms with Crippen LogP contribution in [0.15, 0.2) is 30.3 Å². The van der Waals surface area contributed by atoms with Crippen molar-refractivity contribution in [2.45, 2.75) is 26.0 Å². The molecule has 0 saturated heterocycles. The number of esters is 1. The molecular formula is C13H19NO2. The van der Waals surface area contributed by atoms with Crippen LogP contribution in [-0.2, 0) is 4.74 Å². The van der Waals surface area contributed by atoms with Crippen LogP contribution in [0.4, 0.5) is 0 Å². The summed E-state index contributed by atoms with van der Waals surface area (Å²) in [6, 6.07) is 9.08. The summed E-state index contributed by atoms with van der Waals surface area (Å²) in [6.07, 6.45) is 1.70. The first-order valence-corrected chi connectivity index (χ1v) is 5.57. The van der Waals surface area contributed by atoms with E-state index in [1.165, 1.54) is 0 Å². The van der Waals surface area contributed by atoms with Crippen LogP contribution in [0.25, 0.3) is 0 Å². The number of benzene rings is 1. The molecule has 0 spiro atoms. The highest BCUT2D eigenvalue weighted by Crippen LogP contribution is 2.09. The first-order valence-electron chi connectivity index (χ1n) is 5.57. The molecule has 16 heavy (non-hydrogen) atoms. The van der Waals surface area contributed by atoms with Crippen LogP contribution >= 0.6 is 0 Å². The summed E-state index contributed by atoms with van der Waals surface area (Å²) in [5.74, 6) is -0.257. The van der Waals surface area contributed by atoms with Gasteiger partial charge in [0.25, 0.3) is 0 Å². The normalized spacial score (nSPS) is 12.5. The number of rotatable bonds is 5. The molecule has 0 N–H and O–H groups in total. The second-order valence-electron chi connectivity index (χ2n) is 3.98. The summed E-state index contributed by atoms with van der Waals surface area (Å²) in [5, 5.41) is 0. The molecule has 3 nitrogen and oxygen atoms in total. The Morgan fingerprint density at radius 3 is 2.44 bits per heavy atom. The van der Waals surface area contributed by atoms with E-state index < -0.39 is 0 Å². The lowest BCUT2D eigenvalue weighted by Gasteiger charge is -2.23. The Balaban J connectivity index is 2.62. The average molecular weight is 221 g/mol. The molecule has 1 atom stereocenters. The van der Waals surface area contributed by atoms with Crippen LogP contribution in [0.2, 0.25) is 0 Å². The van der Waals surface area contributed by atoms with E-state index in [1.807, 2.05) is 37.2 Å². The van der Waals surface area contributed by atoms with Gasteiger partial charge in [0.2, 0.25) is 0 Å². The lowest BCUT2D eigenvalue weighted by atomic mass is 10.2. The molecule has 0 bridgehead atoms. The van der Waals surface area contributed by atoms with Crippen molar-refractivity contribution in [2.75, 3.05) is 14.1 Å². The maximum atomic E-state index is 11.8. The van der Waals surface area contributed by atoms with Gasteiger partial charge in [-0.3, -0.25) is 4.90 Å². The summed E-state index contributed by atoms with van der Waals surface area (Å²) < 4.78 is 5.43. The zero-order valence-electron chi connectivity index (χ0n) is 10.1. The number of nitrogens with zero attached hydrogens (tertiary/aromatic N) is 1. The summed E-state index contributed by atoms with van der Waals surface area (Å²) in [5.41, 5.74) is 0.602. The van der Waals surface area contributed by atoms with E-state index in [0.29, 0.717) is 5.56 Å². The molecule has 0 saturated carbocycles. The van der Waals surface area contributed by atoms with Crippen molar-refractivity contribution in [3.05, 3.63) is 35.9 Å². The fourth-order valence-electron chi connectivity index (χ4n) is 1.44. The second-order valence-corrected chi connectivity index (χ2v) is 3.98. The predicted octanol–water partition coefficient (Wildman–Crippen LogP) is 2.53. The van der Waals surface area contributed by atoms with Crippen LogP contribution in [0.5, 0.6) is 0 Å². The summed E-state index contributed by atoms with van der Waals surface area (Å²) in [7, 11) is 3.83. The van der Waals surface area contributed by atoms with E-state index in [2.05, 4.69) is 6.92 Å². The van der Waals surface area contributed by atoms with Crippen molar-refractivity contribution >= 4 is 5.97 Å². The molecule has 0 aromatic heterocycles. The first kappa shape index (κ1) is 12.7. The molecule has 1 aromatic rings.